The number of hydrogen-bond acceptors (Lipinski definition) is 7. The van der Waals surface area contributed by atoms with Crippen LogP contribution in [-0.2, 0) is 15.7 Å². The third-order valence-electron chi connectivity index (χ3n) is 6.93. The monoisotopic (exact) mass is 538 g/mol. The van der Waals surface area contributed by atoms with Gasteiger partial charge in [0.15, 0.2) is 0 Å². The second kappa shape index (κ2) is 10.4. The van der Waals surface area contributed by atoms with Gasteiger partial charge in [0.2, 0.25) is 0 Å². The summed E-state index contributed by atoms with van der Waals surface area (Å²) < 4.78 is 45.8. The van der Waals surface area contributed by atoms with Gasteiger partial charge < -0.3 is 15.8 Å². The smallest absolute Gasteiger partial charge is 0.416 e. The molecule has 1 aliphatic rings. The second-order valence-corrected chi connectivity index (χ2v) is 9.39. The van der Waals surface area contributed by atoms with Crippen molar-refractivity contribution >= 4 is 29.0 Å². The van der Waals surface area contributed by atoms with E-state index in [1.54, 1.807) is 36.7 Å². The summed E-state index contributed by atoms with van der Waals surface area (Å²) in [4.78, 5) is 37.8. The predicted molar refractivity (Wildman–Crippen MR) is 137 cm³/mol. The highest BCUT2D eigenvalue weighted by molar-refractivity contribution is 6.04. The molecule has 12 heteroatoms. The Kier molecular flexibility index (Phi) is 6.94. The van der Waals surface area contributed by atoms with E-state index in [4.69, 9.17) is 15.5 Å². The quantitative estimate of drug-likeness (QED) is 0.339. The van der Waals surface area contributed by atoms with Crippen molar-refractivity contribution in [2.75, 3.05) is 18.2 Å². The molecule has 202 valence electrons. The van der Waals surface area contributed by atoms with Crippen LogP contribution in [0, 0.1) is 5.92 Å². The Morgan fingerprint density at radius 3 is 2.59 bits per heavy atom. The van der Waals surface area contributed by atoms with Crippen molar-refractivity contribution in [3.63, 3.8) is 0 Å². The van der Waals surface area contributed by atoms with Gasteiger partial charge in [-0.2, -0.15) is 13.2 Å². The molecule has 0 spiro atoms. The van der Waals surface area contributed by atoms with Crippen LogP contribution in [-0.4, -0.2) is 38.3 Å². The zero-order valence-corrected chi connectivity index (χ0v) is 20.9. The lowest BCUT2D eigenvalue weighted by Gasteiger charge is -2.26. The number of benzene rings is 1. The van der Waals surface area contributed by atoms with Gasteiger partial charge in [-0.25, -0.2) is 15.0 Å². The van der Waals surface area contributed by atoms with Crippen LogP contribution < -0.4 is 11.1 Å². The van der Waals surface area contributed by atoms with Gasteiger partial charge >= 0.3 is 12.1 Å². The number of ether oxygens (including phenoxy) is 1. The van der Waals surface area contributed by atoms with Crippen molar-refractivity contribution in [2.45, 2.75) is 37.8 Å². The highest BCUT2D eigenvalue weighted by Gasteiger charge is 2.32. The van der Waals surface area contributed by atoms with Gasteiger partial charge in [-0.3, -0.25) is 14.0 Å². The second-order valence-electron chi connectivity index (χ2n) is 9.39. The maximum atomic E-state index is 13.0. The lowest BCUT2D eigenvalue weighted by atomic mass is 9.81. The number of carbonyl (C=O) groups is 2. The summed E-state index contributed by atoms with van der Waals surface area (Å²) >= 11 is 0. The van der Waals surface area contributed by atoms with Gasteiger partial charge in [-0.05, 0) is 43.5 Å². The summed E-state index contributed by atoms with van der Waals surface area (Å²) in [6.45, 7) is 0. The van der Waals surface area contributed by atoms with Crippen LogP contribution in [0.15, 0.2) is 55.0 Å². The largest absolute Gasteiger partial charge is 0.469 e. The Labute approximate surface area is 221 Å². The Morgan fingerprint density at radius 2 is 1.87 bits per heavy atom. The number of hydrogen-bond donors (Lipinski definition) is 2. The van der Waals surface area contributed by atoms with Crippen molar-refractivity contribution in [1.82, 2.24) is 19.4 Å². The van der Waals surface area contributed by atoms with E-state index in [1.807, 2.05) is 4.40 Å². The van der Waals surface area contributed by atoms with Crippen LogP contribution in [0.25, 0.3) is 16.8 Å². The van der Waals surface area contributed by atoms with E-state index >= 15 is 0 Å². The fourth-order valence-corrected chi connectivity index (χ4v) is 5.02. The number of rotatable bonds is 5. The van der Waals surface area contributed by atoms with E-state index in [9.17, 15) is 22.8 Å². The van der Waals surface area contributed by atoms with Crippen molar-refractivity contribution in [3.05, 3.63) is 71.9 Å². The van der Waals surface area contributed by atoms with E-state index < -0.39 is 17.6 Å². The zero-order valence-electron chi connectivity index (χ0n) is 20.9. The highest BCUT2D eigenvalue weighted by atomic mass is 19.4. The first-order valence-corrected chi connectivity index (χ1v) is 12.3. The fourth-order valence-electron chi connectivity index (χ4n) is 5.02. The normalized spacial score (nSPS) is 17.6. The number of nitrogens with two attached hydrogens (primary N) is 1. The standard InChI is InChI=1S/C27H25F3N6O3/c1-39-26(38)18-4-2-3-17(13-18)24-35-21(22-23(31)33-11-12-36(22)24)15-5-7-16(8-6-15)25(37)34-20-14-19(9-10-32-20)27(28,29)30/h5-12,14,17-18H,2-4,13H2,1H3,(H2,31,33)(H,32,34,37)/t17-,18-/m1/s1. The Bertz CT molecular complexity index is 1530. The first-order chi connectivity index (χ1) is 18.7. The van der Waals surface area contributed by atoms with Crippen LogP contribution >= 0.6 is 0 Å². The number of carbonyl (C=O) groups excluding carboxylic acids is 2. The number of fused-ring (bicyclic) bond motifs is 1. The Balaban J connectivity index is 1.43. The maximum Gasteiger partial charge on any atom is 0.416 e. The minimum Gasteiger partial charge on any atom is -0.469 e. The average molecular weight is 539 g/mol. The van der Waals surface area contributed by atoms with E-state index in [1.165, 1.54) is 7.11 Å². The summed E-state index contributed by atoms with van der Waals surface area (Å²) in [6, 6.07) is 8.07. The molecule has 1 aromatic carbocycles. The van der Waals surface area contributed by atoms with E-state index in [2.05, 4.69) is 15.3 Å². The topological polar surface area (TPSA) is 124 Å². The van der Waals surface area contributed by atoms with Crippen LogP contribution in [0.1, 0.15) is 53.3 Å². The highest BCUT2D eigenvalue weighted by Crippen LogP contribution is 2.39. The van der Waals surface area contributed by atoms with Crippen LogP contribution in [0.2, 0.25) is 0 Å². The number of halogens is 3. The van der Waals surface area contributed by atoms with Gasteiger partial charge in [0, 0.05) is 35.6 Å². The van der Waals surface area contributed by atoms with Crippen molar-refractivity contribution in [3.8, 4) is 11.3 Å². The number of imidazole rings is 1. The Morgan fingerprint density at radius 1 is 1.10 bits per heavy atom. The average Bonchev–Trinajstić information content (AvgIpc) is 3.33. The third kappa shape index (κ3) is 5.27. The molecule has 3 N–H and O–H groups in total. The van der Waals surface area contributed by atoms with Crippen LogP contribution in [0.5, 0.6) is 0 Å². The summed E-state index contributed by atoms with van der Waals surface area (Å²) in [6.07, 6.45) is 2.90. The van der Waals surface area contributed by atoms with E-state index in [0.29, 0.717) is 23.2 Å². The lowest BCUT2D eigenvalue weighted by Crippen LogP contribution is -2.24. The Hall–Kier alpha value is -4.48. The lowest BCUT2D eigenvalue weighted by molar-refractivity contribution is -0.146. The number of aromatic nitrogens is 4. The summed E-state index contributed by atoms with van der Waals surface area (Å²) in [5, 5.41) is 2.40. The van der Waals surface area contributed by atoms with Crippen LogP contribution in [0.3, 0.4) is 0 Å². The molecule has 0 aliphatic heterocycles. The number of nitrogen functional groups attached to an aromatic ring is 1. The molecule has 0 radical (unpaired) electrons. The molecule has 0 unspecified atom stereocenters. The third-order valence-corrected chi connectivity index (χ3v) is 6.93. The molecular formula is C27H25F3N6O3. The minimum absolute atomic E-state index is 0.0101. The molecule has 0 bridgehead atoms. The number of pyridine rings is 1. The first kappa shape index (κ1) is 26.1. The number of nitrogens with zero attached hydrogens (tertiary/aromatic N) is 4. The molecular weight excluding hydrogens is 513 g/mol. The predicted octanol–water partition coefficient (Wildman–Crippen LogP) is 5.09. The van der Waals surface area contributed by atoms with Gasteiger partial charge in [0.25, 0.3) is 5.91 Å². The maximum absolute atomic E-state index is 13.0. The fraction of sp³-hybridized carbons (Fsp3) is 0.296. The first-order valence-electron chi connectivity index (χ1n) is 12.3. The SMILES string of the molecule is COC(=O)[C@@H]1CCC[C@@H](c2nc(-c3ccc(C(=O)Nc4cc(C(F)(F)F)ccn4)cc3)c3c(N)nccn23)C1. The number of alkyl halides is 3. The molecule has 39 heavy (non-hydrogen) atoms. The van der Waals surface area contributed by atoms with Crippen molar-refractivity contribution in [2.24, 2.45) is 5.92 Å². The van der Waals surface area contributed by atoms with Gasteiger partial charge in [0.05, 0.1) is 18.6 Å². The summed E-state index contributed by atoms with van der Waals surface area (Å²) in [5.41, 5.74) is 7.41. The summed E-state index contributed by atoms with van der Waals surface area (Å²) in [5.74, 6) is -0.190. The van der Waals surface area contributed by atoms with Gasteiger partial charge in [-0.15, -0.1) is 0 Å². The number of amides is 1. The van der Waals surface area contributed by atoms with E-state index in [0.717, 1.165) is 43.4 Å². The number of esters is 1. The summed E-state index contributed by atoms with van der Waals surface area (Å²) in [7, 11) is 1.39. The number of anilines is 2. The molecule has 1 saturated carbocycles. The molecule has 4 aromatic rings. The molecule has 2 atom stereocenters. The molecule has 9 nitrogen and oxygen atoms in total. The zero-order chi connectivity index (χ0) is 27.7. The number of methoxy groups -OCH3 is 1. The molecule has 1 amide bonds. The van der Waals surface area contributed by atoms with E-state index in [-0.39, 0.29) is 35.0 Å². The minimum atomic E-state index is -4.55. The molecule has 3 heterocycles. The van der Waals surface area contributed by atoms with Gasteiger partial charge in [0.1, 0.15) is 28.7 Å². The van der Waals surface area contributed by atoms with Crippen molar-refractivity contribution in [1.29, 1.82) is 0 Å². The molecule has 1 fully saturated rings. The number of nitrogens with one attached hydrogen (secondary N) is 1. The molecule has 0 saturated heterocycles. The molecule has 5 rings (SSSR count). The van der Waals surface area contributed by atoms with Gasteiger partial charge in [-0.1, -0.05) is 18.6 Å². The molecule has 1 aliphatic carbocycles. The van der Waals surface area contributed by atoms with Crippen LogP contribution in [0.4, 0.5) is 24.8 Å². The van der Waals surface area contributed by atoms with Crippen molar-refractivity contribution < 1.29 is 27.5 Å². The molecule has 3 aromatic heterocycles.